The van der Waals surface area contributed by atoms with E-state index in [1.54, 1.807) is 13.0 Å². The summed E-state index contributed by atoms with van der Waals surface area (Å²) in [6.07, 6.45) is 0. The summed E-state index contributed by atoms with van der Waals surface area (Å²) in [4.78, 5) is 10.9. The van der Waals surface area contributed by atoms with Crippen molar-refractivity contribution in [1.82, 2.24) is 0 Å². The maximum absolute atomic E-state index is 13.1. The van der Waals surface area contributed by atoms with Crippen molar-refractivity contribution in [3.8, 4) is 0 Å². The van der Waals surface area contributed by atoms with Gasteiger partial charge >= 0.3 is 0 Å². The van der Waals surface area contributed by atoms with Crippen LogP contribution in [-0.2, 0) is 0 Å². The van der Waals surface area contributed by atoms with Crippen molar-refractivity contribution in [2.75, 3.05) is 0 Å². The quantitative estimate of drug-likeness (QED) is 0.695. The number of carbonyl (C=O) groups excluding carboxylic acids is 1. The Morgan fingerprint density at radius 1 is 1.36 bits per heavy atom. The minimum Gasteiger partial charge on any atom is -0.294 e. The molecule has 0 atom stereocenters. The summed E-state index contributed by atoms with van der Waals surface area (Å²) >= 11 is 3.14. The third-order valence-electron chi connectivity index (χ3n) is 1.60. The van der Waals surface area contributed by atoms with E-state index < -0.39 is 5.82 Å². The van der Waals surface area contributed by atoms with E-state index in [0.717, 1.165) is 0 Å². The highest BCUT2D eigenvalue weighted by Crippen LogP contribution is 2.20. The molecule has 0 aromatic heterocycles. The van der Waals surface area contributed by atoms with Crippen LogP contribution in [0.4, 0.5) is 4.39 Å². The van der Waals surface area contributed by atoms with E-state index in [9.17, 15) is 9.18 Å². The Labute approximate surface area is 92.5 Å². The molecular formula is C11H14BrFO. The molecule has 0 saturated heterocycles. The Morgan fingerprint density at radius 2 is 1.86 bits per heavy atom. The number of halogens is 2. The molecule has 0 amide bonds. The number of aryl methyl sites for hydroxylation is 1. The van der Waals surface area contributed by atoms with Gasteiger partial charge in [-0.25, -0.2) is 4.39 Å². The minimum absolute atomic E-state index is 0.179. The second-order valence-corrected chi connectivity index (χ2v) is 3.55. The van der Waals surface area contributed by atoms with Gasteiger partial charge < -0.3 is 0 Å². The molecule has 0 heterocycles. The Morgan fingerprint density at radius 3 is 2.21 bits per heavy atom. The summed E-state index contributed by atoms with van der Waals surface area (Å²) in [7, 11) is 0. The van der Waals surface area contributed by atoms with Gasteiger partial charge in [-0.05, 0) is 31.5 Å². The zero-order valence-electron chi connectivity index (χ0n) is 8.82. The molecule has 78 valence electrons. The first-order valence-corrected chi connectivity index (χ1v) is 5.28. The van der Waals surface area contributed by atoms with E-state index in [4.69, 9.17) is 0 Å². The molecule has 0 fully saturated rings. The monoisotopic (exact) mass is 260 g/mol. The molecule has 1 aromatic rings. The number of rotatable bonds is 1. The Hall–Kier alpha value is -0.700. The van der Waals surface area contributed by atoms with Crippen molar-refractivity contribution in [1.29, 1.82) is 0 Å². The topological polar surface area (TPSA) is 17.1 Å². The van der Waals surface area contributed by atoms with Crippen molar-refractivity contribution < 1.29 is 9.18 Å². The van der Waals surface area contributed by atoms with Crippen molar-refractivity contribution in [3.05, 3.63) is 33.5 Å². The smallest absolute Gasteiger partial charge is 0.163 e. The van der Waals surface area contributed by atoms with Crippen LogP contribution in [0.25, 0.3) is 0 Å². The lowest BCUT2D eigenvalue weighted by Crippen LogP contribution is -2.00. The molecule has 14 heavy (non-hydrogen) atoms. The molecule has 0 aliphatic rings. The van der Waals surface area contributed by atoms with Gasteiger partial charge in [0, 0.05) is 4.47 Å². The second kappa shape index (κ2) is 5.91. The van der Waals surface area contributed by atoms with E-state index >= 15 is 0 Å². The van der Waals surface area contributed by atoms with Crippen LogP contribution in [0.5, 0.6) is 0 Å². The summed E-state index contributed by atoms with van der Waals surface area (Å²) in [5, 5.41) is 0. The Balaban J connectivity index is 0.000000791. The molecule has 1 aromatic carbocycles. The van der Waals surface area contributed by atoms with Gasteiger partial charge in [-0.2, -0.15) is 0 Å². The first-order valence-electron chi connectivity index (χ1n) is 4.49. The van der Waals surface area contributed by atoms with E-state index in [1.165, 1.54) is 13.0 Å². The molecule has 0 N–H and O–H groups in total. The number of ketones is 1. The SMILES string of the molecule is CC.CC(=O)c1c(C)cc(Br)cc1F. The minimum atomic E-state index is -0.464. The number of hydrogen-bond donors (Lipinski definition) is 0. The number of hydrogen-bond acceptors (Lipinski definition) is 1. The first-order chi connectivity index (χ1) is 6.52. The van der Waals surface area contributed by atoms with Crippen molar-refractivity contribution in [3.63, 3.8) is 0 Å². The molecule has 1 nitrogen and oxygen atoms in total. The van der Waals surface area contributed by atoms with Gasteiger partial charge in [0.05, 0.1) is 5.56 Å². The summed E-state index contributed by atoms with van der Waals surface area (Å²) in [6.45, 7) is 7.07. The predicted octanol–water partition coefficient (Wildman–Crippen LogP) is 4.13. The molecule has 1 rings (SSSR count). The van der Waals surface area contributed by atoms with Gasteiger partial charge in [0.25, 0.3) is 0 Å². The first kappa shape index (κ1) is 13.3. The summed E-state index contributed by atoms with van der Waals surface area (Å²) in [5.41, 5.74) is 0.840. The highest BCUT2D eigenvalue weighted by molar-refractivity contribution is 9.10. The Bertz CT molecular complexity index is 311. The van der Waals surface area contributed by atoms with E-state index in [1.807, 2.05) is 13.8 Å². The maximum atomic E-state index is 13.1. The van der Waals surface area contributed by atoms with E-state index in [0.29, 0.717) is 10.0 Å². The molecule has 3 heteroatoms. The summed E-state index contributed by atoms with van der Waals surface area (Å²) in [5.74, 6) is -0.702. The van der Waals surface area contributed by atoms with Gasteiger partial charge in [-0.3, -0.25) is 4.79 Å². The lowest BCUT2D eigenvalue weighted by atomic mass is 10.1. The molecule has 0 radical (unpaired) electrons. The zero-order chi connectivity index (χ0) is 11.3. The predicted molar refractivity (Wildman–Crippen MR) is 60.2 cm³/mol. The number of Topliss-reactive ketones (excluding diaryl/α,β-unsaturated/α-hetero) is 1. The highest BCUT2D eigenvalue weighted by Gasteiger charge is 2.10. The zero-order valence-corrected chi connectivity index (χ0v) is 10.4. The number of benzene rings is 1. The van der Waals surface area contributed by atoms with Gasteiger partial charge in [-0.1, -0.05) is 29.8 Å². The van der Waals surface area contributed by atoms with E-state index in [-0.39, 0.29) is 11.3 Å². The van der Waals surface area contributed by atoms with Crippen LogP contribution in [0.15, 0.2) is 16.6 Å². The average Bonchev–Trinajstić information content (AvgIpc) is 2.04. The van der Waals surface area contributed by atoms with Gasteiger partial charge in [0.2, 0.25) is 0 Å². The fourth-order valence-corrected chi connectivity index (χ4v) is 1.69. The van der Waals surface area contributed by atoms with Crippen LogP contribution in [0, 0.1) is 12.7 Å². The Kier molecular flexibility index (Phi) is 5.62. The van der Waals surface area contributed by atoms with Crippen LogP contribution in [0.1, 0.15) is 36.7 Å². The lowest BCUT2D eigenvalue weighted by Gasteiger charge is -2.03. The fourth-order valence-electron chi connectivity index (χ4n) is 1.15. The standard InChI is InChI=1S/C9H8BrFO.C2H6/c1-5-3-7(10)4-8(11)9(5)6(2)12;1-2/h3-4H,1-2H3;1-2H3. The van der Waals surface area contributed by atoms with Crippen molar-refractivity contribution in [2.24, 2.45) is 0 Å². The van der Waals surface area contributed by atoms with Crippen LogP contribution < -0.4 is 0 Å². The third-order valence-corrected chi connectivity index (χ3v) is 2.06. The summed E-state index contributed by atoms with van der Waals surface area (Å²) < 4.78 is 13.8. The maximum Gasteiger partial charge on any atom is 0.163 e. The average molecular weight is 261 g/mol. The number of carbonyl (C=O) groups is 1. The molecular weight excluding hydrogens is 247 g/mol. The van der Waals surface area contributed by atoms with Crippen molar-refractivity contribution in [2.45, 2.75) is 27.7 Å². The fraction of sp³-hybridized carbons (Fsp3) is 0.364. The largest absolute Gasteiger partial charge is 0.294 e. The van der Waals surface area contributed by atoms with Crippen LogP contribution >= 0.6 is 15.9 Å². The lowest BCUT2D eigenvalue weighted by molar-refractivity contribution is 0.101. The van der Waals surface area contributed by atoms with E-state index in [2.05, 4.69) is 15.9 Å². The second-order valence-electron chi connectivity index (χ2n) is 2.64. The molecule has 0 aliphatic heterocycles. The van der Waals surface area contributed by atoms with Gasteiger partial charge in [0.15, 0.2) is 5.78 Å². The van der Waals surface area contributed by atoms with Crippen LogP contribution in [0.2, 0.25) is 0 Å². The van der Waals surface area contributed by atoms with Gasteiger partial charge in [-0.15, -0.1) is 0 Å². The van der Waals surface area contributed by atoms with Gasteiger partial charge in [0.1, 0.15) is 5.82 Å². The molecule has 0 spiro atoms. The normalized spacial score (nSPS) is 9.00. The van der Waals surface area contributed by atoms with Crippen LogP contribution in [0.3, 0.4) is 0 Å². The summed E-state index contributed by atoms with van der Waals surface area (Å²) in [6, 6.07) is 3.02. The molecule has 0 bridgehead atoms. The molecule has 0 saturated carbocycles. The molecule has 0 unspecified atom stereocenters. The van der Waals surface area contributed by atoms with Crippen LogP contribution in [-0.4, -0.2) is 5.78 Å². The van der Waals surface area contributed by atoms with Crippen molar-refractivity contribution >= 4 is 21.7 Å². The highest BCUT2D eigenvalue weighted by atomic mass is 79.9. The molecule has 0 aliphatic carbocycles. The third kappa shape index (κ3) is 3.22.